The van der Waals surface area contributed by atoms with Gasteiger partial charge in [-0.3, -0.25) is 0 Å². The Morgan fingerprint density at radius 1 is 0.500 bits per heavy atom. The van der Waals surface area contributed by atoms with Crippen molar-refractivity contribution in [1.82, 2.24) is 0 Å². The number of hydrogen-bond acceptors (Lipinski definition) is 0. The molecule has 2 aromatic rings. The monoisotopic (exact) mass is 302 g/mol. The molecule has 2 heteroatoms. The summed E-state index contributed by atoms with van der Waals surface area (Å²) in [5, 5.41) is 3.13. The highest BCUT2D eigenvalue weighted by Gasteiger charge is 2.08. The second-order valence-electron chi connectivity index (χ2n) is 5.80. The first-order chi connectivity index (χ1) is 9.38. The van der Waals surface area contributed by atoms with Crippen molar-refractivity contribution in [2.75, 3.05) is 0 Å². The summed E-state index contributed by atoms with van der Waals surface area (Å²) in [4.78, 5) is 0. The summed E-state index contributed by atoms with van der Waals surface area (Å²) in [5.41, 5.74) is 8.57. The van der Waals surface area contributed by atoms with Crippen LogP contribution in [0.5, 0.6) is 0 Å². The maximum atomic E-state index is 2.31. The predicted octanol–water partition coefficient (Wildman–Crippen LogP) is 4.76. The van der Waals surface area contributed by atoms with Gasteiger partial charge >= 0.3 is 0 Å². The Hall–Kier alpha value is -0.700. The largest absolute Gasteiger partial charge is 0.0628 e. The van der Waals surface area contributed by atoms with Crippen LogP contribution in [0.15, 0.2) is 24.3 Å². The minimum absolute atomic E-state index is 0.893. The molecule has 0 aromatic heterocycles. The van der Waals surface area contributed by atoms with Crippen molar-refractivity contribution in [2.45, 2.75) is 41.5 Å². The minimum atomic E-state index is 0.893. The standard InChI is InChI=1S/C18H24P2/c1-11-7-13(3)17(14(4)8-11)19-20-18-15(5)9-12(2)10-16(18)6/h7-10,19-20H,1-6H3. The minimum Gasteiger partial charge on any atom is -0.0628 e. The van der Waals surface area contributed by atoms with Gasteiger partial charge in [0.15, 0.2) is 0 Å². The Kier molecular flexibility index (Phi) is 5.00. The van der Waals surface area contributed by atoms with Crippen molar-refractivity contribution in [3.8, 4) is 0 Å². The molecular formula is C18H24P2. The van der Waals surface area contributed by atoms with E-state index in [0.29, 0.717) is 0 Å². The normalized spacial score (nSPS) is 12.1. The highest BCUT2D eigenvalue weighted by atomic mass is 32.0. The average Bonchev–Trinajstić information content (AvgIpc) is 2.30. The van der Waals surface area contributed by atoms with Crippen LogP contribution >= 0.6 is 16.5 Å². The van der Waals surface area contributed by atoms with E-state index in [2.05, 4.69) is 65.8 Å². The van der Waals surface area contributed by atoms with Gasteiger partial charge in [0.05, 0.1) is 0 Å². The smallest absolute Gasteiger partial charge is 0.0169 e. The SMILES string of the molecule is Cc1cc(C)c(PPc2c(C)cc(C)cc2C)c(C)c1. The first-order valence-corrected chi connectivity index (χ1v) is 10.1. The van der Waals surface area contributed by atoms with E-state index in [1.165, 1.54) is 33.4 Å². The molecule has 2 aromatic carbocycles. The Balaban J connectivity index is 2.26. The molecule has 20 heavy (non-hydrogen) atoms. The summed E-state index contributed by atoms with van der Waals surface area (Å²) < 4.78 is 0. The molecule has 0 aliphatic heterocycles. The van der Waals surface area contributed by atoms with E-state index in [1.54, 1.807) is 10.6 Å². The molecule has 0 radical (unpaired) electrons. The van der Waals surface area contributed by atoms with Gasteiger partial charge in [-0.1, -0.05) is 51.9 Å². The zero-order valence-corrected chi connectivity index (χ0v) is 15.3. The van der Waals surface area contributed by atoms with E-state index in [4.69, 9.17) is 0 Å². The van der Waals surface area contributed by atoms with Gasteiger partial charge in [-0.15, -0.1) is 0 Å². The molecule has 0 amide bonds. The van der Waals surface area contributed by atoms with Gasteiger partial charge in [0.2, 0.25) is 0 Å². The van der Waals surface area contributed by atoms with Gasteiger partial charge in [0.1, 0.15) is 0 Å². The van der Waals surface area contributed by atoms with Gasteiger partial charge in [-0.25, -0.2) is 0 Å². The zero-order valence-electron chi connectivity index (χ0n) is 13.3. The van der Waals surface area contributed by atoms with Gasteiger partial charge in [0.25, 0.3) is 0 Å². The van der Waals surface area contributed by atoms with E-state index in [0.717, 1.165) is 16.5 Å². The maximum absolute atomic E-state index is 2.31. The topological polar surface area (TPSA) is 0 Å². The van der Waals surface area contributed by atoms with Crippen LogP contribution in [0.4, 0.5) is 0 Å². The highest BCUT2D eigenvalue weighted by Crippen LogP contribution is 2.39. The lowest BCUT2D eigenvalue weighted by molar-refractivity contribution is 1.35. The zero-order chi connectivity index (χ0) is 14.9. The van der Waals surface area contributed by atoms with Crippen molar-refractivity contribution >= 4 is 27.1 Å². The van der Waals surface area contributed by atoms with E-state index >= 15 is 0 Å². The van der Waals surface area contributed by atoms with Crippen LogP contribution in [0.25, 0.3) is 0 Å². The van der Waals surface area contributed by atoms with Crippen LogP contribution in [0.2, 0.25) is 0 Å². The molecule has 2 rings (SSSR count). The van der Waals surface area contributed by atoms with Crippen molar-refractivity contribution in [2.24, 2.45) is 0 Å². The van der Waals surface area contributed by atoms with Gasteiger partial charge in [0, 0.05) is 0 Å². The van der Waals surface area contributed by atoms with E-state index < -0.39 is 0 Å². The number of rotatable bonds is 3. The van der Waals surface area contributed by atoms with Crippen molar-refractivity contribution in [1.29, 1.82) is 0 Å². The second kappa shape index (κ2) is 6.38. The Morgan fingerprint density at radius 3 is 1.00 bits per heavy atom. The molecule has 0 saturated carbocycles. The van der Waals surface area contributed by atoms with Gasteiger partial charge in [-0.05, 0) is 74.4 Å². The van der Waals surface area contributed by atoms with Crippen LogP contribution in [-0.4, -0.2) is 0 Å². The van der Waals surface area contributed by atoms with Crippen LogP contribution in [-0.2, 0) is 0 Å². The molecule has 0 fully saturated rings. The molecule has 0 aliphatic rings. The fourth-order valence-electron chi connectivity index (χ4n) is 2.88. The van der Waals surface area contributed by atoms with E-state index in [9.17, 15) is 0 Å². The molecule has 2 unspecified atom stereocenters. The third kappa shape index (κ3) is 3.49. The van der Waals surface area contributed by atoms with Gasteiger partial charge < -0.3 is 0 Å². The summed E-state index contributed by atoms with van der Waals surface area (Å²) in [7, 11) is 1.79. The number of benzene rings is 2. The summed E-state index contributed by atoms with van der Waals surface area (Å²) in [6, 6.07) is 9.26. The third-order valence-electron chi connectivity index (χ3n) is 3.67. The highest BCUT2D eigenvalue weighted by molar-refractivity contribution is 8.18. The third-order valence-corrected chi connectivity index (χ3v) is 7.74. The van der Waals surface area contributed by atoms with Crippen molar-refractivity contribution in [3.05, 3.63) is 57.6 Å². The fraction of sp³-hybridized carbons (Fsp3) is 0.333. The molecule has 2 atom stereocenters. The lowest BCUT2D eigenvalue weighted by atomic mass is 10.1. The predicted molar refractivity (Wildman–Crippen MR) is 97.2 cm³/mol. The van der Waals surface area contributed by atoms with Gasteiger partial charge in [-0.2, -0.15) is 0 Å². The average molecular weight is 302 g/mol. The summed E-state index contributed by atoms with van der Waals surface area (Å²) in [6.45, 7) is 13.4. The summed E-state index contributed by atoms with van der Waals surface area (Å²) >= 11 is 0. The Morgan fingerprint density at radius 2 is 0.750 bits per heavy atom. The maximum Gasteiger partial charge on any atom is -0.0169 e. The molecule has 0 N–H and O–H groups in total. The Bertz CT molecular complexity index is 538. The molecular weight excluding hydrogens is 278 g/mol. The first kappa shape index (κ1) is 15.7. The Labute approximate surface area is 126 Å². The quantitative estimate of drug-likeness (QED) is 0.717. The lowest BCUT2D eigenvalue weighted by Gasteiger charge is -2.15. The molecule has 0 nitrogen and oxygen atoms in total. The summed E-state index contributed by atoms with van der Waals surface area (Å²) in [6.07, 6.45) is 0. The molecule has 0 heterocycles. The van der Waals surface area contributed by atoms with Crippen LogP contribution in [0, 0.1) is 41.5 Å². The van der Waals surface area contributed by atoms with Crippen LogP contribution < -0.4 is 10.6 Å². The molecule has 0 bridgehead atoms. The van der Waals surface area contributed by atoms with Crippen LogP contribution in [0.1, 0.15) is 33.4 Å². The number of aryl methyl sites for hydroxylation is 6. The fourth-order valence-corrected chi connectivity index (χ4v) is 7.32. The molecule has 0 saturated heterocycles. The van der Waals surface area contributed by atoms with E-state index in [-0.39, 0.29) is 0 Å². The summed E-state index contributed by atoms with van der Waals surface area (Å²) in [5.74, 6) is 0. The number of hydrogen-bond donors (Lipinski definition) is 0. The molecule has 0 spiro atoms. The van der Waals surface area contributed by atoms with Crippen molar-refractivity contribution < 1.29 is 0 Å². The lowest BCUT2D eigenvalue weighted by Crippen LogP contribution is -2.08. The molecule has 106 valence electrons. The molecule has 0 aliphatic carbocycles. The van der Waals surface area contributed by atoms with Crippen LogP contribution in [0.3, 0.4) is 0 Å². The van der Waals surface area contributed by atoms with Crippen molar-refractivity contribution in [3.63, 3.8) is 0 Å². The van der Waals surface area contributed by atoms with E-state index in [1.807, 2.05) is 0 Å². The second-order valence-corrected chi connectivity index (χ2v) is 8.80. The first-order valence-electron chi connectivity index (χ1n) is 7.06.